The van der Waals surface area contributed by atoms with Crippen LogP contribution in [0.3, 0.4) is 0 Å². The number of rotatable bonds is 9. The topological polar surface area (TPSA) is 155 Å². The lowest BCUT2D eigenvalue weighted by molar-refractivity contribution is -0.140. The van der Waals surface area contributed by atoms with E-state index in [0.717, 1.165) is 10.2 Å². The van der Waals surface area contributed by atoms with E-state index < -0.39 is 91.9 Å². The number of aromatic nitrogens is 1. The Morgan fingerprint density at radius 2 is 1.55 bits per heavy atom. The predicted molar refractivity (Wildman–Crippen MR) is 124 cm³/mol. The number of aliphatic carboxylic acids is 1. The van der Waals surface area contributed by atoms with Crippen molar-refractivity contribution in [2.75, 3.05) is 0 Å². The Labute approximate surface area is 223 Å². The van der Waals surface area contributed by atoms with E-state index in [1.807, 2.05) is 5.32 Å². The maximum atomic E-state index is 14.2. The molecular formula is C22H17F5N4O7S2. The van der Waals surface area contributed by atoms with E-state index in [1.165, 1.54) is 36.4 Å². The predicted octanol–water partition coefficient (Wildman–Crippen LogP) is 1.21. The Balaban J connectivity index is 1.67. The molecule has 1 aromatic heterocycles. The van der Waals surface area contributed by atoms with Gasteiger partial charge in [0.2, 0.25) is 5.82 Å². The third-order valence-corrected chi connectivity index (χ3v) is 9.01. The maximum absolute atomic E-state index is 14.2. The fourth-order valence-electron chi connectivity index (χ4n) is 3.91. The summed E-state index contributed by atoms with van der Waals surface area (Å²) in [6, 6.07) is 7.22. The van der Waals surface area contributed by atoms with Gasteiger partial charge < -0.3 is 5.11 Å². The SMILES string of the molecule is O=C(O)[C@H](Cc1c(F)c(F)c(F)c(F)c1F)N[C@H]1C(=O)NS(=O)(=O)N1Cc1cccn1S(=O)(=O)c1ccccc1. The molecule has 4 rings (SSSR count). The van der Waals surface area contributed by atoms with E-state index in [0.29, 0.717) is 4.31 Å². The second kappa shape index (κ2) is 10.6. The minimum absolute atomic E-state index is 0.158. The average molecular weight is 609 g/mol. The zero-order valence-electron chi connectivity index (χ0n) is 19.7. The van der Waals surface area contributed by atoms with Gasteiger partial charge in [0.25, 0.3) is 15.9 Å². The maximum Gasteiger partial charge on any atom is 0.321 e. The summed E-state index contributed by atoms with van der Waals surface area (Å²) < 4.78 is 123. The quantitative estimate of drug-likeness (QED) is 0.186. The molecule has 2 aromatic carbocycles. The van der Waals surface area contributed by atoms with Crippen LogP contribution in [-0.2, 0) is 42.8 Å². The van der Waals surface area contributed by atoms with Crippen LogP contribution in [0.25, 0.3) is 0 Å². The van der Waals surface area contributed by atoms with Crippen LogP contribution in [0.15, 0.2) is 53.6 Å². The van der Waals surface area contributed by atoms with Gasteiger partial charge in [-0.05, 0) is 24.3 Å². The number of amides is 1. The van der Waals surface area contributed by atoms with Crippen LogP contribution < -0.4 is 10.0 Å². The molecule has 1 fully saturated rings. The van der Waals surface area contributed by atoms with Crippen LogP contribution in [0, 0.1) is 29.1 Å². The lowest BCUT2D eigenvalue weighted by atomic mass is 10.0. The molecule has 18 heteroatoms. The number of nitrogens with zero attached hydrogens (tertiary/aromatic N) is 2. The van der Waals surface area contributed by atoms with Gasteiger partial charge in [-0.15, -0.1) is 0 Å². The number of carbonyl (C=O) groups excluding carboxylic acids is 1. The van der Waals surface area contributed by atoms with Gasteiger partial charge in [-0.1, -0.05) is 18.2 Å². The molecule has 0 unspecified atom stereocenters. The number of hydrogen-bond acceptors (Lipinski definition) is 7. The molecule has 1 amide bonds. The molecule has 214 valence electrons. The first-order valence-corrected chi connectivity index (χ1v) is 13.8. The van der Waals surface area contributed by atoms with Crippen molar-refractivity contribution in [3.05, 3.63) is 89.0 Å². The van der Waals surface area contributed by atoms with E-state index in [1.54, 1.807) is 10.8 Å². The lowest BCUT2D eigenvalue weighted by Gasteiger charge is -2.25. The van der Waals surface area contributed by atoms with Gasteiger partial charge in [-0.3, -0.25) is 14.9 Å². The summed E-state index contributed by atoms with van der Waals surface area (Å²) in [6.07, 6.45) is -2.38. The molecule has 1 aliphatic rings. The van der Waals surface area contributed by atoms with Gasteiger partial charge >= 0.3 is 16.2 Å². The van der Waals surface area contributed by atoms with Crippen molar-refractivity contribution >= 4 is 32.1 Å². The number of halogens is 5. The fourth-order valence-corrected chi connectivity index (χ4v) is 6.52. The highest BCUT2D eigenvalue weighted by Gasteiger charge is 2.46. The minimum Gasteiger partial charge on any atom is -0.480 e. The van der Waals surface area contributed by atoms with Crippen molar-refractivity contribution in [2.45, 2.75) is 30.1 Å². The highest BCUT2D eigenvalue weighted by Crippen LogP contribution is 2.26. The molecule has 1 saturated heterocycles. The van der Waals surface area contributed by atoms with Crippen molar-refractivity contribution in [1.29, 1.82) is 0 Å². The summed E-state index contributed by atoms with van der Waals surface area (Å²) in [7, 11) is -8.96. The zero-order valence-corrected chi connectivity index (χ0v) is 21.3. The summed E-state index contributed by atoms with van der Waals surface area (Å²) >= 11 is 0. The van der Waals surface area contributed by atoms with Crippen LogP contribution >= 0.6 is 0 Å². The van der Waals surface area contributed by atoms with E-state index in [9.17, 15) is 53.5 Å². The molecule has 1 aliphatic heterocycles. The Kier molecular flexibility index (Phi) is 7.72. The van der Waals surface area contributed by atoms with Crippen LogP contribution in [0.2, 0.25) is 0 Å². The van der Waals surface area contributed by atoms with Gasteiger partial charge in [0, 0.05) is 23.9 Å². The third kappa shape index (κ3) is 5.17. The van der Waals surface area contributed by atoms with Crippen molar-refractivity contribution in [3.63, 3.8) is 0 Å². The van der Waals surface area contributed by atoms with Crippen LogP contribution in [0.1, 0.15) is 11.3 Å². The first-order valence-electron chi connectivity index (χ1n) is 11.0. The second-order valence-electron chi connectivity index (χ2n) is 8.34. The number of carboxylic acids is 1. The smallest absolute Gasteiger partial charge is 0.321 e. The molecule has 3 N–H and O–H groups in total. The average Bonchev–Trinajstić information content (AvgIpc) is 3.46. The standard InChI is InChI=1S/C22H17F5N4O7S2/c23-15-13(16(24)18(26)19(27)17(15)25)9-14(22(33)34)28-20-21(32)29-40(37,38)31(20)10-11-5-4-8-30(11)39(35,36)12-6-2-1-3-7-12/h1-8,14,20,28H,9-10H2,(H,29,32)(H,33,34)/t14-,20+/m0/s1. The highest BCUT2D eigenvalue weighted by atomic mass is 32.2. The third-order valence-electron chi connectivity index (χ3n) is 5.85. The van der Waals surface area contributed by atoms with Gasteiger partial charge in [0.15, 0.2) is 29.4 Å². The van der Waals surface area contributed by atoms with Crippen LogP contribution in [-0.4, -0.2) is 54.3 Å². The Hall–Kier alpha value is -3.87. The van der Waals surface area contributed by atoms with E-state index in [2.05, 4.69) is 0 Å². The molecule has 3 aromatic rings. The van der Waals surface area contributed by atoms with Crippen molar-refractivity contribution in [3.8, 4) is 0 Å². The number of carbonyl (C=O) groups is 2. The summed E-state index contributed by atoms with van der Waals surface area (Å²) in [5.74, 6) is -15.0. The van der Waals surface area contributed by atoms with Gasteiger partial charge in [0.1, 0.15) is 6.04 Å². The van der Waals surface area contributed by atoms with Crippen LogP contribution in [0.5, 0.6) is 0 Å². The van der Waals surface area contributed by atoms with Gasteiger partial charge in [0.05, 0.1) is 11.4 Å². The fraction of sp³-hybridized carbons (Fsp3) is 0.182. The molecule has 0 spiro atoms. The van der Waals surface area contributed by atoms with E-state index in [4.69, 9.17) is 0 Å². The Morgan fingerprint density at radius 3 is 2.12 bits per heavy atom. The number of carboxylic acid groups (broad SMARTS) is 1. The number of hydrogen-bond donors (Lipinski definition) is 3. The van der Waals surface area contributed by atoms with Crippen LogP contribution in [0.4, 0.5) is 22.0 Å². The molecular weight excluding hydrogens is 591 g/mol. The number of benzene rings is 2. The lowest BCUT2D eigenvalue weighted by Crippen LogP contribution is -2.53. The minimum atomic E-state index is -4.72. The largest absolute Gasteiger partial charge is 0.480 e. The molecule has 0 aliphatic carbocycles. The van der Waals surface area contributed by atoms with Crippen molar-refractivity contribution < 1.29 is 53.5 Å². The molecule has 2 heterocycles. The summed E-state index contributed by atoms with van der Waals surface area (Å²) in [4.78, 5) is 24.2. The number of nitrogens with one attached hydrogen (secondary N) is 2. The summed E-state index contributed by atoms with van der Waals surface area (Å²) in [5.41, 5.74) is -1.71. The first kappa shape index (κ1) is 29.1. The second-order valence-corrected chi connectivity index (χ2v) is 11.8. The zero-order chi connectivity index (χ0) is 29.6. The highest BCUT2D eigenvalue weighted by molar-refractivity contribution is 7.90. The molecule has 0 saturated carbocycles. The van der Waals surface area contributed by atoms with E-state index >= 15 is 0 Å². The Morgan fingerprint density at radius 1 is 0.975 bits per heavy atom. The van der Waals surface area contributed by atoms with Crippen molar-refractivity contribution in [2.24, 2.45) is 0 Å². The molecule has 0 radical (unpaired) electrons. The molecule has 0 bridgehead atoms. The molecule has 11 nitrogen and oxygen atoms in total. The molecule has 2 atom stereocenters. The molecule has 40 heavy (non-hydrogen) atoms. The monoisotopic (exact) mass is 608 g/mol. The Bertz CT molecular complexity index is 1690. The van der Waals surface area contributed by atoms with E-state index in [-0.39, 0.29) is 10.6 Å². The van der Waals surface area contributed by atoms with Gasteiger partial charge in [-0.25, -0.2) is 39.1 Å². The first-order chi connectivity index (χ1) is 18.7. The van der Waals surface area contributed by atoms with Crippen molar-refractivity contribution in [1.82, 2.24) is 18.3 Å². The normalized spacial score (nSPS) is 18.0. The van der Waals surface area contributed by atoms with Gasteiger partial charge in [-0.2, -0.15) is 12.7 Å². The summed E-state index contributed by atoms with van der Waals surface area (Å²) in [6.45, 7) is -0.827. The summed E-state index contributed by atoms with van der Waals surface area (Å²) in [5, 5.41) is 11.6.